The van der Waals surface area contributed by atoms with E-state index in [0.29, 0.717) is 5.75 Å². The fourth-order valence-electron chi connectivity index (χ4n) is 0.953. The van der Waals surface area contributed by atoms with E-state index in [-0.39, 0.29) is 18.9 Å². The average Bonchev–Trinajstić information content (AvgIpc) is 2.01. The molecule has 1 aromatic carbocycles. The number of aromatic hydroxyl groups is 1. The second-order valence-corrected chi connectivity index (χ2v) is 2.46. The van der Waals surface area contributed by atoms with Crippen molar-refractivity contribution in [3.63, 3.8) is 0 Å². The molecule has 0 bridgehead atoms. The molecule has 0 aliphatic carbocycles. The summed E-state index contributed by atoms with van der Waals surface area (Å²) in [6, 6.07) is 7.28. The van der Waals surface area contributed by atoms with Gasteiger partial charge in [0, 0.05) is 0 Å². The molecule has 0 fully saturated rings. The van der Waals surface area contributed by atoms with E-state index in [1.54, 1.807) is 19.2 Å². The van der Waals surface area contributed by atoms with Crippen molar-refractivity contribution in [2.75, 3.05) is 13.6 Å². The standard InChI is InChI=1S/C9H12NO.Li/c1-10-6-5-8-3-2-4-9(11)7-8;/h2-4,7,11H,5-6H2,1H3;/q-1;+1. The van der Waals surface area contributed by atoms with Crippen LogP contribution in [-0.4, -0.2) is 18.7 Å². The summed E-state index contributed by atoms with van der Waals surface area (Å²) in [5.74, 6) is 0.332. The maximum atomic E-state index is 9.08. The number of nitrogens with zero attached hydrogens (tertiary/aromatic N) is 1. The number of rotatable bonds is 3. The van der Waals surface area contributed by atoms with Gasteiger partial charge in [0.05, 0.1) is 0 Å². The summed E-state index contributed by atoms with van der Waals surface area (Å²) in [4.78, 5) is 0. The van der Waals surface area contributed by atoms with Crippen molar-refractivity contribution in [3.8, 4) is 5.75 Å². The van der Waals surface area contributed by atoms with E-state index in [4.69, 9.17) is 5.11 Å². The number of benzene rings is 1. The number of phenols is 1. The quantitative estimate of drug-likeness (QED) is 0.558. The summed E-state index contributed by atoms with van der Waals surface area (Å²) in [5.41, 5.74) is 1.13. The van der Waals surface area contributed by atoms with Crippen LogP contribution >= 0.6 is 0 Å². The maximum Gasteiger partial charge on any atom is 1.00 e. The van der Waals surface area contributed by atoms with E-state index in [2.05, 4.69) is 5.32 Å². The summed E-state index contributed by atoms with van der Waals surface area (Å²) >= 11 is 0. The van der Waals surface area contributed by atoms with Crippen molar-refractivity contribution >= 4 is 0 Å². The first-order valence-electron chi connectivity index (χ1n) is 3.66. The van der Waals surface area contributed by atoms with Gasteiger partial charge in [-0.3, -0.25) is 0 Å². The molecule has 0 saturated heterocycles. The van der Waals surface area contributed by atoms with Gasteiger partial charge in [-0.05, 0) is 24.1 Å². The molecule has 0 aliphatic heterocycles. The summed E-state index contributed by atoms with van der Waals surface area (Å²) in [5, 5.41) is 13.1. The van der Waals surface area contributed by atoms with Crippen molar-refractivity contribution in [2.24, 2.45) is 0 Å². The van der Waals surface area contributed by atoms with Crippen molar-refractivity contribution in [1.82, 2.24) is 0 Å². The van der Waals surface area contributed by atoms with Gasteiger partial charge in [0.2, 0.25) is 0 Å². The smallest absolute Gasteiger partial charge is 0.665 e. The fraction of sp³-hybridized carbons (Fsp3) is 0.333. The van der Waals surface area contributed by atoms with Gasteiger partial charge in [0.1, 0.15) is 5.75 Å². The van der Waals surface area contributed by atoms with Crippen molar-refractivity contribution in [1.29, 1.82) is 0 Å². The van der Waals surface area contributed by atoms with Gasteiger partial charge in [0.15, 0.2) is 0 Å². The fourth-order valence-corrected chi connectivity index (χ4v) is 0.953. The number of hydrogen-bond donors (Lipinski definition) is 1. The average molecular weight is 157 g/mol. The van der Waals surface area contributed by atoms with Gasteiger partial charge < -0.3 is 10.4 Å². The van der Waals surface area contributed by atoms with Crippen molar-refractivity contribution in [3.05, 3.63) is 35.1 Å². The van der Waals surface area contributed by atoms with E-state index in [9.17, 15) is 0 Å². The Morgan fingerprint density at radius 1 is 1.42 bits per heavy atom. The van der Waals surface area contributed by atoms with Gasteiger partial charge in [0.25, 0.3) is 0 Å². The van der Waals surface area contributed by atoms with Gasteiger partial charge in [-0.15, -0.1) is 6.54 Å². The predicted molar refractivity (Wildman–Crippen MR) is 46.0 cm³/mol. The zero-order valence-corrected chi connectivity index (χ0v) is 7.62. The van der Waals surface area contributed by atoms with Crippen molar-refractivity contribution < 1.29 is 24.0 Å². The normalized spacial score (nSPS) is 9.08. The van der Waals surface area contributed by atoms with E-state index < -0.39 is 0 Å². The van der Waals surface area contributed by atoms with Crippen LogP contribution in [0.25, 0.3) is 5.32 Å². The van der Waals surface area contributed by atoms with Crippen LogP contribution in [0.1, 0.15) is 5.56 Å². The van der Waals surface area contributed by atoms with Crippen LogP contribution < -0.4 is 18.9 Å². The Kier molecular flexibility index (Phi) is 5.92. The molecular formula is C9H12LiNO. The Balaban J connectivity index is 0.00000121. The summed E-state index contributed by atoms with van der Waals surface area (Å²) < 4.78 is 0. The molecule has 0 heterocycles. The Morgan fingerprint density at radius 2 is 2.17 bits per heavy atom. The molecule has 1 rings (SSSR count). The van der Waals surface area contributed by atoms with Crippen LogP contribution in [0, 0.1) is 0 Å². The maximum absolute atomic E-state index is 9.08. The van der Waals surface area contributed by atoms with E-state index >= 15 is 0 Å². The van der Waals surface area contributed by atoms with Gasteiger partial charge >= 0.3 is 18.9 Å². The minimum Gasteiger partial charge on any atom is -0.665 e. The third-order valence-electron chi connectivity index (χ3n) is 1.53. The topological polar surface area (TPSA) is 34.3 Å². The number of hydrogen-bond acceptors (Lipinski definition) is 1. The minimum absolute atomic E-state index is 0. The molecule has 0 aromatic heterocycles. The van der Waals surface area contributed by atoms with E-state index in [0.717, 1.165) is 18.5 Å². The van der Waals surface area contributed by atoms with Gasteiger partial charge in [-0.1, -0.05) is 12.1 Å². The SMILES string of the molecule is C[N-]CCc1cccc(O)c1.[Li+]. The molecule has 1 N–H and O–H groups in total. The third kappa shape index (κ3) is 3.82. The number of likely N-dealkylation sites (N-methyl/N-ethyl adjacent to an activating group) is 1. The molecule has 0 saturated carbocycles. The molecule has 60 valence electrons. The first-order chi connectivity index (χ1) is 5.33. The monoisotopic (exact) mass is 157 g/mol. The molecule has 0 spiro atoms. The first kappa shape index (κ1) is 11.6. The number of phenolic OH excluding ortho intramolecular Hbond substituents is 1. The largest absolute Gasteiger partial charge is 1.00 e. The van der Waals surface area contributed by atoms with Crippen LogP contribution in [0.3, 0.4) is 0 Å². The molecule has 0 radical (unpaired) electrons. The van der Waals surface area contributed by atoms with Crippen LogP contribution in [-0.2, 0) is 6.42 Å². The molecule has 0 amide bonds. The molecule has 1 aromatic rings. The first-order valence-corrected chi connectivity index (χ1v) is 3.66. The van der Waals surface area contributed by atoms with Crippen LogP contribution in [0.4, 0.5) is 0 Å². The van der Waals surface area contributed by atoms with E-state index in [1.165, 1.54) is 0 Å². The molecule has 12 heavy (non-hydrogen) atoms. The zero-order valence-electron chi connectivity index (χ0n) is 7.62. The van der Waals surface area contributed by atoms with E-state index in [1.807, 2.05) is 12.1 Å². The summed E-state index contributed by atoms with van der Waals surface area (Å²) in [7, 11) is 1.79. The molecule has 0 atom stereocenters. The second-order valence-electron chi connectivity index (χ2n) is 2.46. The Bertz CT molecular complexity index is 228. The Labute approximate surface area is 85.2 Å². The van der Waals surface area contributed by atoms with Crippen LogP contribution in [0.15, 0.2) is 24.3 Å². The third-order valence-corrected chi connectivity index (χ3v) is 1.53. The molecule has 3 heteroatoms. The van der Waals surface area contributed by atoms with Crippen molar-refractivity contribution in [2.45, 2.75) is 6.42 Å². The Morgan fingerprint density at radius 3 is 2.75 bits per heavy atom. The molecule has 2 nitrogen and oxygen atoms in total. The second kappa shape index (κ2) is 6.13. The molecule has 0 unspecified atom stereocenters. The Hall–Kier alpha value is -0.423. The minimum atomic E-state index is 0. The summed E-state index contributed by atoms with van der Waals surface area (Å²) in [6.07, 6.45) is 0.908. The predicted octanol–water partition coefficient (Wildman–Crippen LogP) is -1.06. The molecule has 0 aliphatic rings. The zero-order chi connectivity index (χ0) is 8.10. The van der Waals surface area contributed by atoms with Gasteiger partial charge in [-0.25, -0.2) is 0 Å². The summed E-state index contributed by atoms with van der Waals surface area (Å²) in [6.45, 7) is 0.823. The van der Waals surface area contributed by atoms with Crippen LogP contribution in [0.2, 0.25) is 0 Å². The molecular weight excluding hydrogens is 145 g/mol. The van der Waals surface area contributed by atoms with Crippen LogP contribution in [0.5, 0.6) is 5.75 Å². The van der Waals surface area contributed by atoms with Gasteiger partial charge in [-0.2, -0.15) is 7.05 Å².